The molecule has 2 heterocycles. The van der Waals surface area contributed by atoms with Crippen molar-refractivity contribution in [2.24, 2.45) is 4.99 Å². The fraction of sp³-hybridized carbons (Fsp3) is 0.333. The Hall–Kier alpha value is -2.86. The van der Waals surface area contributed by atoms with Crippen LogP contribution in [0.2, 0.25) is 0 Å². The molecule has 27 heavy (non-hydrogen) atoms. The Morgan fingerprint density at radius 3 is 2.63 bits per heavy atom. The van der Waals surface area contributed by atoms with E-state index in [0.29, 0.717) is 42.2 Å². The molecule has 0 amide bonds. The number of hydrogen-bond donors (Lipinski definition) is 2. The Labute approximate surface area is 152 Å². The zero-order chi connectivity index (χ0) is 19.4. The number of allylic oxidation sites excluding steroid dienone is 1. The predicted octanol–water partition coefficient (Wildman–Crippen LogP) is 3.29. The Morgan fingerprint density at radius 2 is 2.04 bits per heavy atom. The molecule has 0 aromatic heterocycles. The second kappa shape index (κ2) is 5.82. The van der Waals surface area contributed by atoms with E-state index in [0.717, 1.165) is 17.8 Å². The average molecular weight is 377 g/mol. The van der Waals surface area contributed by atoms with E-state index < -0.39 is 23.1 Å². The molecule has 4 rings (SSSR count). The van der Waals surface area contributed by atoms with Gasteiger partial charge in [-0.05, 0) is 37.5 Å². The van der Waals surface area contributed by atoms with Crippen molar-refractivity contribution in [3.8, 4) is 6.07 Å². The minimum atomic E-state index is -4.73. The number of amidine groups is 1. The second-order valence-electron chi connectivity index (χ2n) is 6.76. The van der Waals surface area contributed by atoms with Gasteiger partial charge in [-0.15, -0.1) is 0 Å². The van der Waals surface area contributed by atoms with Crippen molar-refractivity contribution in [3.05, 3.63) is 58.3 Å². The van der Waals surface area contributed by atoms with Crippen LogP contribution in [-0.4, -0.2) is 17.4 Å². The summed E-state index contributed by atoms with van der Waals surface area (Å²) in [5, 5.41) is 14.0. The van der Waals surface area contributed by atoms with Crippen molar-refractivity contribution in [2.45, 2.75) is 31.5 Å². The SMILES string of the molecule is CC1=CC(=NC2(c3ccc(C(F)(F)F)c(F)c3)CC2)N2NCC(C#N)=C2N1. The van der Waals surface area contributed by atoms with Crippen LogP contribution in [0.3, 0.4) is 0 Å². The van der Waals surface area contributed by atoms with Crippen LogP contribution in [0.1, 0.15) is 30.9 Å². The molecule has 0 radical (unpaired) electrons. The number of hydrazine groups is 1. The highest BCUT2D eigenvalue weighted by Crippen LogP contribution is 2.50. The van der Waals surface area contributed by atoms with E-state index in [4.69, 9.17) is 4.99 Å². The Morgan fingerprint density at radius 1 is 1.30 bits per heavy atom. The molecule has 1 aromatic rings. The molecule has 2 N–H and O–H groups in total. The molecule has 1 fully saturated rings. The van der Waals surface area contributed by atoms with E-state index in [2.05, 4.69) is 16.8 Å². The molecule has 9 heteroatoms. The van der Waals surface area contributed by atoms with Gasteiger partial charge in [-0.1, -0.05) is 6.07 Å². The van der Waals surface area contributed by atoms with E-state index in [9.17, 15) is 22.8 Å². The number of halogens is 4. The summed E-state index contributed by atoms with van der Waals surface area (Å²) < 4.78 is 52.4. The van der Waals surface area contributed by atoms with Gasteiger partial charge < -0.3 is 5.32 Å². The van der Waals surface area contributed by atoms with Crippen molar-refractivity contribution in [2.75, 3.05) is 6.54 Å². The number of nitrogens with zero attached hydrogens (tertiary/aromatic N) is 3. The van der Waals surface area contributed by atoms with E-state index in [-0.39, 0.29) is 0 Å². The molecular weight excluding hydrogens is 362 g/mol. The smallest absolute Gasteiger partial charge is 0.343 e. The van der Waals surface area contributed by atoms with Crippen molar-refractivity contribution in [1.82, 2.24) is 15.8 Å². The molecule has 5 nitrogen and oxygen atoms in total. The first kappa shape index (κ1) is 17.5. The van der Waals surface area contributed by atoms with Gasteiger partial charge in [0, 0.05) is 11.8 Å². The molecule has 1 saturated carbocycles. The zero-order valence-corrected chi connectivity index (χ0v) is 14.3. The molecule has 0 spiro atoms. The maximum Gasteiger partial charge on any atom is 0.419 e. The van der Waals surface area contributed by atoms with Crippen LogP contribution in [0.15, 0.2) is 46.4 Å². The summed E-state index contributed by atoms with van der Waals surface area (Å²) in [6.07, 6.45) is -1.73. The summed E-state index contributed by atoms with van der Waals surface area (Å²) in [4.78, 5) is 4.72. The molecular formula is C18H15F4N5. The number of aliphatic imine (C=N–C) groups is 1. The lowest BCUT2D eigenvalue weighted by Crippen LogP contribution is -2.44. The van der Waals surface area contributed by atoms with Crippen LogP contribution in [0.5, 0.6) is 0 Å². The lowest BCUT2D eigenvalue weighted by atomic mass is 10.0. The van der Waals surface area contributed by atoms with E-state index in [1.807, 2.05) is 6.92 Å². The summed E-state index contributed by atoms with van der Waals surface area (Å²) in [5.74, 6) is -0.176. The third kappa shape index (κ3) is 2.96. The number of nitriles is 1. The second-order valence-corrected chi connectivity index (χ2v) is 6.76. The van der Waals surface area contributed by atoms with Crippen LogP contribution in [0.25, 0.3) is 0 Å². The molecule has 0 saturated heterocycles. The van der Waals surface area contributed by atoms with Gasteiger partial charge in [-0.25, -0.2) is 14.8 Å². The standard InChI is InChI=1S/C18H15F4N5/c1-10-6-15(27-16(25-10)11(8-23)9-24-27)26-17(4-5-17)12-2-3-13(14(19)7-12)18(20,21)22/h2-3,6-7,24-25H,4-5,9H2,1H3. The van der Waals surface area contributed by atoms with Gasteiger partial charge in [0.15, 0.2) is 0 Å². The lowest BCUT2D eigenvalue weighted by molar-refractivity contribution is -0.140. The van der Waals surface area contributed by atoms with Gasteiger partial charge in [-0.3, -0.25) is 4.99 Å². The van der Waals surface area contributed by atoms with Gasteiger partial charge in [0.1, 0.15) is 17.5 Å². The van der Waals surface area contributed by atoms with Crippen LogP contribution < -0.4 is 10.7 Å². The van der Waals surface area contributed by atoms with Gasteiger partial charge >= 0.3 is 6.18 Å². The molecule has 0 unspecified atom stereocenters. The van der Waals surface area contributed by atoms with E-state index >= 15 is 0 Å². The van der Waals surface area contributed by atoms with Crippen LogP contribution in [0.4, 0.5) is 17.6 Å². The maximum atomic E-state index is 14.0. The quantitative estimate of drug-likeness (QED) is 0.777. The summed E-state index contributed by atoms with van der Waals surface area (Å²) in [7, 11) is 0. The number of hydrogen-bond acceptors (Lipinski definition) is 4. The highest BCUT2D eigenvalue weighted by Gasteiger charge is 2.47. The van der Waals surface area contributed by atoms with Gasteiger partial charge in [0.25, 0.3) is 0 Å². The van der Waals surface area contributed by atoms with Gasteiger partial charge in [0.05, 0.1) is 29.3 Å². The number of benzene rings is 1. The highest BCUT2D eigenvalue weighted by molar-refractivity contribution is 5.96. The van der Waals surface area contributed by atoms with E-state index in [1.165, 1.54) is 6.07 Å². The summed E-state index contributed by atoms with van der Waals surface area (Å²) in [5.41, 5.74) is 2.74. The largest absolute Gasteiger partial charge is 0.419 e. The average Bonchev–Trinajstić information content (AvgIpc) is 3.25. The first-order valence-corrected chi connectivity index (χ1v) is 8.33. The summed E-state index contributed by atoms with van der Waals surface area (Å²) >= 11 is 0. The summed E-state index contributed by atoms with van der Waals surface area (Å²) in [6.45, 7) is 2.17. The van der Waals surface area contributed by atoms with E-state index in [1.54, 1.807) is 11.1 Å². The van der Waals surface area contributed by atoms with Gasteiger partial charge in [-0.2, -0.15) is 18.4 Å². The van der Waals surface area contributed by atoms with Gasteiger partial charge in [0.2, 0.25) is 0 Å². The monoisotopic (exact) mass is 377 g/mol. The van der Waals surface area contributed by atoms with Crippen LogP contribution >= 0.6 is 0 Å². The minimum Gasteiger partial charge on any atom is -0.343 e. The minimum absolute atomic E-state index is 0.348. The van der Waals surface area contributed by atoms with Crippen molar-refractivity contribution < 1.29 is 17.6 Å². The number of nitrogens with one attached hydrogen (secondary N) is 2. The first-order valence-electron chi connectivity index (χ1n) is 8.33. The maximum absolute atomic E-state index is 14.0. The molecule has 3 aliphatic rings. The molecule has 0 bridgehead atoms. The van der Waals surface area contributed by atoms with Crippen LogP contribution in [-0.2, 0) is 11.7 Å². The molecule has 2 aliphatic heterocycles. The first-order chi connectivity index (χ1) is 12.7. The lowest BCUT2D eigenvalue weighted by Gasteiger charge is -2.29. The Bertz CT molecular complexity index is 947. The fourth-order valence-corrected chi connectivity index (χ4v) is 3.28. The molecule has 0 atom stereocenters. The molecule has 140 valence electrons. The number of alkyl halides is 3. The third-order valence-electron chi connectivity index (χ3n) is 4.81. The third-order valence-corrected chi connectivity index (χ3v) is 4.81. The zero-order valence-electron chi connectivity index (χ0n) is 14.3. The topological polar surface area (TPSA) is 63.5 Å². The number of rotatable bonds is 2. The number of fused-ring (bicyclic) bond motifs is 1. The van der Waals surface area contributed by atoms with Crippen LogP contribution in [0, 0.1) is 17.1 Å². The van der Waals surface area contributed by atoms with Crippen molar-refractivity contribution in [3.63, 3.8) is 0 Å². The fourth-order valence-electron chi connectivity index (χ4n) is 3.28. The van der Waals surface area contributed by atoms with Crippen molar-refractivity contribution >= 4 is 5.84 Å². The summed E-state index contributed by atoms with van der Waals surface area (Å²) in [6, 6.07) is 5.09. The molecule has 1 aromatic carbocycles. The Kier molecular flexibility index (Phi) is 3.78. The highest BCUT2D eigenvalue weighted by atomic mass is 19.4. The predicted molar refractivity (Wildman–Crippen MR) is 89.1 cm³/mol. The molecule has 1 aliphatic carbocycles. The van der Waals surface area contributed by atoms with Crippen molar-refractivity contribution in [1.29, 1.82) is 5.26 Å². The Balaban J connectivity index is 1.72. The normalized spacial score (nSPS) is 22.3.